The van der Waals surface area contributed by atoms with E-state index >= 15 is 0 Å². The molecule has 0 bridgehead atoms. The zero-order chi connectivity index (χ0) is 21.8. The van der Waals surface area contributed by atoms with Gasteiger partial charge >= 0.3 is 5.97 Å². The van der Waals surface area contributed by atoms with Gasteiger partial charge in [0.25, 0.3) is 0 Å². The van der Waals surface area contributed by atoms with E-state index in [1.54, 1.807) is 19.1 Å². The number of hydrogen-bond donors (Lipinski definition) is 2. The van der Waals surface area contributed by atoms with Gasteiger partial charge in [0.05, 0.1) is 17.8 Å². The number of para-hydroxylation sites is 1. The Hall–Kier alpha value is -3.80. The Morgan fingerprint density at radius 3 is 2.55 bits per heavy atom. The van der Waals surface area contributed by atoms with Gasteiger partial charge < -0.3 is 20.1 Å². The van der Waals surface area contributed by atoms with Crippen molar-refractivity contribution in [2.24, 2.45) is 0 Å². The first-order chi connectivity index (χ1) is 15.0. The number of nitrogens with zero attached hydrogens (tertiary/aromatic N) is 1. The van der Waals surface area contributed by atoms with Crippen LogP contribution in [-0.2, 0) is 11.3 Å². The summed E-state index contributed by atoms with van der Waals surface area (Å²) in [5, 5.41) is 12.6. The molecule has 1 heterocycles. The average Bonchev–Trinajstić information content (AvgIpc) is 2.99. The lowest BCUT2D eigenvalue weighted by molar-refractivity contribution is -0.115. The maximum absolute atomic E-state index is 12.1. The summed E-state index contributed by atoms with van der Waals surface area (Å²) in [6.07, 6.45) is 0.0642. The number of carbonyl (C=O) groups excluding carboxylic acids is 1. The fourth-order valence-electron chi connectivity index (χ4n) is 3.75. The summed E-state index contributed by atoms with van der Waals surface area (Å²) in [4.78, 5) is 25.9. The molecule has 1 atom stereocenters. The van der Waals surface area contributed by atoms with Gasteiger partial charge in [-0.25, -0.2) is 4.79 Å². The maximum atomic E-state index is 12.1. The van der Waals surface area contributed by atoms with Crippen molar-refractivity contribution < 1.29 is 19.4 Å². The number of aromatic carboxylic acids is 1. The van der Waals surface area contributed by atoms with E-state index in [0.717, 1.165) is 16.9 Å². The molecule has 1 amide bonds. The molecule has 31 heavy (non-hydrogen) atoms. The predicted octanol–water partition coefficient (Wildman–Crippen LogP) is 4.87. The molecular weight excluding hydrogens is 392 g/mol. The van der Waals surface area contributed by atoms with Crippen LogP contribution in [0.15, 0.2) is 72.8 Å². The Morgan fingerprint density at radius 1 is 1.06 bits per heavy atom. The van der Waals surface area contributed by atoms with E-state index in [9.17, 15) is 14.7 Å². The van der Waals surface area contributed by atoms with Crippen molar-refractivity contribution in [1.82, 2.24) is 0 Å². The number of carbonyl (C=O) groups is 2. The first kappa shape index (κ1) is 20.5. The zero-order valence-electron chi connectivity index (χ0n) is 17.2. The Kier molecular flexibility index (Phi) is 5.89. The van der Waals surface area contributed by atoms with Crippen LogP contribution in [0.5, 0.6) is 5.75 Å². The summed E-state index contributed by atoms with van der Waals surface area (Å²) in [5.74, 6) is -0.412. The molecule has 3 aromatic rings. The molecule has 0 saturated heterocycles. The van der Waals surface area contributed by atoms with Crippen molar-refractivity contribution in [3.63, 3.8) is 0 Å². The molecule has 0 spiro atoms. The second kappa shape index (κ2) is 8.92. The molecule has 2 N–H and O–H groups in total. The quantitative estimate of drug-likeness (QED) is 0.620. The maximum Gasteiger partial charge on any atom is 0.337 e. The van der Waals surface area contributed by atoms with Gasteiger partial charge in [-0.2, -0.15) is 0 Å². The van der Waals surface area contributed by atoms with Crippen LogP contribution < -0.4 is 15.0 Å². The SMILES string of the molecule is CCC(=O)Nc1ccc(N2Cc3ccccc3OC(c3ccccc3)C2)c(C(=O)O)c1. The van der Waals surface area contributed by atoms with E-state index < -0.39 is 5.97 Å². The minimum Gasteiger partial charge on any atom is -0.484 e. The second-order valence-corrected chi connectivity index (χ2v) is 7.44. The molecule has 0 aromatic heterocycles. The van der Waals surface area contributed by atoms with E-state index in [0.29, 0.717) is 30.9 Å². The van der Waals surface area contributed by atoms with Crippen LogP contribution in [0.1, 0.15) is 40.9 Å². The van der Waals surface area contributed by atoms with Crippen LogP contribution in [0.2, 0.25) is 0 Å². The first-order valence-corrected chi connectivity index (χ1v) is 10.3. The van der Waals surface area contributed by atoms with E-state index in [2.05, 4.69) is 5.32 Å². The summed E-state index contributed by atoms with van der Waals surface area (Å²) >= 11 is 0. The number of rotatable bonds is 5. The number of nitrogens with one attached hydrogen (secondary N) is 1. The normalized spacial score (nSPS) is 15.4. The number of carboxylic acid groups (broad SMARTS) is 1. The van der Waals surface area contributed by atoms with Crippen LogP contribution in [-0.4, -0.2) is 23.5 Å². The molecule has 3 aromatic carbocycles. The smallest absolute Gasteiger partial charge is 0.337 e. The van der Waals surface area contributed by atoms with Crippen molar-refractivity contribution >= 4 is 23.3 Å². The van der Waals surface area contributed by atoms with Crippen molar-refractivity contribution in [2.75, 3.05) is 16.8 Å². The highest BCUT2D eigenvalue weighted by molar-refractivity contribution is 5.98. The summed E-state index contributed by atoms with van der Waals surface area (Å²) in [6, 6.07) is 22.7. The fourth-order valence-corrected chi connectivity index (χ4v) is 3.75. The molecule has 158 valence electrons. The van der Waals surface area contributed by atoms with Crippen LogP contribution >= 0.6 is 0 Å². The Morgan fingerprint density at radius 2 is 1.81 bits per heavy atom. The number of benzene rings is 3. The monoisotopic (exact) mass is 416 g/mol. The summed E-state index contributed by atoms with van der Waals surface area (Å²) in [6.45, 7) is 2.75. The minimum atomic E-state index is -1.04. The molecule has 1 unspecified atom stereocenters. The third-order valence-electron chi connectivity index (χ3n) is 5.33. The number of ether oxygens (including phenoxy) is 1. The van der Waals surface area contributed by atoms with Gasteiger partial charge in [-0.15, -0.1) is 0 Å². The number of hydrogen-bond acceptors (Lipinski definition) is 4. The molecule has 1 aliphatic rings. The van der Waals surface area contributed by atoms with Crippen LogP contribution in [0.25, 0.3) is 0 Å². The molecule has 0 radical (unpaired) electrons. The van der Waals surface area contributed by atoms with Crippen LogP contribution in [0.3, 0.4) is 0 Å². The molecule has 0 fully saturated rings. The lowest BCUT2D eigenvalue weighted by atomic mass is 10.1. The summed E-state index contributed by atoms with van der Waals surface area (Å²) in [5.41, 5.74) is 3.20. The Bertz CT molecular complexity index is 1100. The van der Waals surface area contributed by atoms with E-state index in [1.807, 2.05) is 59.5 Å². The molecular formula is C25H24N2O4. The van der Waals surface area contributed by atoms with Crippen LogP contribution in [0.4, 0.5) is 11.4 Å². The topological polar surface area (TPSA) is 78.9 Å². The predicted molar refractivity (Wildman–Crippen MR) is 120 cm³/mol. The van der Waals surface area contributed by atoms with Gasteiger partial charge in [-0.05, 0) is 29.8 Å². The van der Waals surface area contributed by atoms with Crippen molar-refractivity contribution in [3.8, 4) is 5.75 Å². The van der Waals surface area contributed by atoms with E-state index in [1.165, 1.54) is 6.07 Å². The van der Waals surface area contributed by atoms with Gasteiger partial charge in [0, 0.05) is 24.2 Å². The second-order valence-electron chi connectivity index (χ2n) is 7.44. The standard InChI is InChI=1S/C25H24N2O4/c1-2-24(28)26-19-12-13-21(20(14-19)25(29)30)27-15-18-10-6-7-11-22(18)31-23(16-27)17-8-4-3-5-9-17/h3-14,23H,2,15-16H2,1H3,(H,26,28)(H,29,30). The van der Waals surface area contributed by atoms with Gasteiger partial charge in [-0.1, -0.05) is 55.5 Å². The third-order valence-corrected chi connectivity index (χ3v) is 5.33. The molecule has 1 aliphatic heterocycles. The summed E-state index contributed by atoms with van der Waals surface area (Å²) < 4.78 is 6.34. The van der Waals surface area contributed by atoms with Gasteiger partial charge in [0.15, 0.2) is 0 Å². The molecule has 6 nitrogen and oxygen atoms in total. The highest BCUT2D eigenvalue weighted by atomic mass is 16.5. The fraction of sp³-hybridized carbons (Fsp3) is 0.200. The summed E-state index contributed by atoms with van der Waals surface area (Å²) in [7, 11) is 0. The number of carboxylic acids is 1. The van der Waals surface area contributed by atoms with Crippen molar-refractivity contribution in [1.29, 1.82) is 0 Å². The molecule has 6 heteroatoms. The van der Waals surface area contributed by atoms with E-state index in [4.69, 9.17) is 4.74 Å². The minimum absolute atomic E-state index is 0.139. The number of amides is 1. The van der Waals surface area contributed by atoms with Crippen molar-refractivity contribution in [3.05, 3.63) is 89.5 Å². The highest BCUT2D eigenvalue weighted by Gasteiger charge is 2.27. The van der Waals surface area contributed by atoms with Gasteiger partial charge in [0.2, 0.25) is 5.91 Å². The molecule has 0 aliphatic carbocycles. The van der Waals surface area contributed by atoms with Crippen LogP contribution in [0, 0.1) is 0 Å². The van der Waals surface area contributed by atoms with Gasteiger partial charge in [-0.3, -0.25) is 4.79 Å². The third kappa shape index (κ3) is 4.53. The zero-order valence-corrected chi connectivity index (χ0v) is 17.2. The molecule has 4 rings (SSSR count). The Labute approximate surface area is 181 Å². The van der Waals surface area contributed by atoms with Gasteiger partial charge in [0.1, 0.15) is 11.9 Å². The number of fused-ring (bicyclic) bond motifs is 1. The lowest BCUT2D eigenvalue weighted by Gasteiger charge is -2.27. The first-order valence-electron chi connectivity index (χ1n) is 10.3. The van der Waals surface area contributed by atoms with Crippen molar-refractivity contribution in [2.45, 2.75) is 26.0 Å². The average molecular weight is 416 g/mol. The Balaban J connectivity index is 1.75. The lowest BCUT2D eigenvalue weighted by Crippen LogP contribution is -2.29. The number of anilines is 2. The highest BCUT2D eigenvalue weighted by Crippen LogP contribution is 2.35. The molecule has 0 saturated carbocycles. The van der Waals surface area contributed by atoms with E-state index in [-0.39, 0.29) is 17.6 Å². The largest absolute Gasteiger partial charge is 0.484 e.